The molecule has 1 heterocycles. The predicted molar refractivity (Wildman–Crippen MR) is 73.8 cm³/mol. The Bertz CT molecular complexity index is 485. The van der Waals surface area contributed by atoms with Crippen LogP contribution < -0.4 is 4.74 Å². The van der Waals surface area contributed by atoms with E-state index < -0.39 is 6.10 Å². The van der Waals surface area contributed by atoms with Gasteiger partial charge in [-0.2, -0.15) is 0 Å². The van der Waals surface area contributed by atoms with Gasteiger partial charge in [-0.05, 0) is 52.2 Å². The Labute approximate surface area is 113 Å². The quantitative estimate of drug-likeness (QED) is 0.931. The Morgan fingerprint density at radius 3 is 2.41 bits per heavy atom. The second kappa shape index (κ2) is 5.21. The Morgan fingerprint density at radius 1 is 1.29 bits per heavy atom. The molecule has 17 heavy (non-hydrogen) atoms. The normalized spacial score (nSPS) is 12.5. The number of aliphatic hydroxyl groups is 1. The van der Waals surface area contributed by atoms with Crippen LogP contribution >= 0.6 is 27.3 Å². The third kappa shape index (κ3) is 2.70. The number of hydrogen-bond donors (Lipinski definition) is 1. The molecule has 1 unspecified atom stereocenters. The maximum atomic E-state index is 10.2. The summed E-state index contributed by atoms with van der Waals surface area (Å²) in [5, 5.41) is 10.2. The Hall–Kier alpha value is -0.840. The van der Waals surface area contributed by atoms with E-state index in [1.165, 1.54) is 0 Å². The molecule has 0 aliphatic heterocycles. The van der Waals surface area contributed by atoms with Gasteiger partial charge in [0.2, 0.25) is 0 Å². The van der Waals surface area contributed by atoms with E-state index in [0.29, 0.717) is 0 Å². The smallest absolute Gasteiger partial charge is 0.118 e. The average Bonchev–Trinajstić information content (AvgIpc) is 2.69. The number of hydrogen-bond acceptors (Lipinski definition) is 3. The highest BCUT2D eigenvalue weighted by atomic mass is 79.9. The SMILES string of the molecule is COc1ccc(C(O)c2cc(C)c(Br)s2)cc1. The van der Waals surface area contributed by atoms with Gasteiger partial charge in [0.15, 0.2) is 0 Å². The van der Waals surface area contributed by atoms with Gasteiger partial charge in [-0.25, -0.2) is 0 Å². The first kappa shape index (κ1) is 12.6. The number of methoxy groups -OCH3 is 1. The van der Waals surface area contributed by atoms with Gasteiger partial charge in [-0.1, -0.05) is 12.1 Å². The predicted octanol–water partition coefficient (Wildman–Crippen LogP) is 3.91. The molecule has 0 amide bonds. The summed E-state index contributed by atoms with van der Waals surface area (Å²) in [5.41, 5.74) is 2.03. The third-order valence-electron chi connectivity index (χ3n) is 2.58. The van der Waals surface area contributed by atoms with E-state index in [4.69, 9.17) is 4.74 Å². The van der Waals surface area contributed by atoms with Crippen LogP contribution in [0.25, 0.3) is 0 Å². The minimum Gasteiger partial charge on any atom is -0.497 e. The lowest BCUT2D eigenvalue weighted by Gasteiger charge is -2.09. The summed E-state index contributed by atoms with van der Waals surface area (Å²) in [7, 11) is 1.63. The third-order valence-corrected chi connectivity index (χ3v) is 4.77. The molecule has 0 aliphatic carbocycles. The molecule has 0 spiro atoms. The van der Waals surface area contributed by atoms with E-state index in [0.717, 1.165) is 25.5 Å². The number of aliphatic hydroxyl groups excluding tert-OH is 1. The fourth-order valence-electron chi connectivity index (χ4n) is 1.57. The first-order chi connectivity index (χ1) is 8.11. The van der Waals surface area contributed by atoms with Gasteiger partial charge in [-0.15, -0.1) is 11.3 Å². The summed E-state index contributed by atoms with van der Waals surface area (Å²) in [6, 6.07) is 9.48. The number of halogens is 1. The zero-order valence-corrected chi connectivity index (χ0v) is 12.0. The van der Waals surface area contributed by atoms with Crippen LogP contribution in [0.5, 0.6) is 5.75 Å². The van der Waals surface area contributed by atoms with Crippen molar-refractivity contribution in [3.63, 3.8) is 0 Å². The van der Waals surface area contributed by atoms with Crippen molar-refractivity contribution in [2.24, 2.45) is 0 Å². The van der Waals surface area contributed by atoms with Crippen LogP contribution in [-0.4, -0.2) is 12.2 Å². The number of aryl methyl sites for hydroxylation is 1. The van der Waals surface area contributed by atoms with Gasteiger partial charge < -0.3 is 9.84 Å². The maximum Gasteiger partial charge on any atom is 0.118 e. The second-order valence-corrected chi connectivity index (χ2v) is 6.18. The molecular formula is C13H13BrO2S. The lowest BCUT2D eigenvalue weighted by atomic mass is 10.1. The molecule has 0 saturated heterocycles. The zero-order chi connectivity index (χ0) is 12.4. The molecule has 0 saturated carbocycles. The molecule has 0 radical (unpaired) electrons. The highest BCUT2D eigenvalue weighted by Gasteiger charge is 2.14. The van der Waals surface area contributed by atoms with E-state index in [-0.39, 0.29) is 0 Å². The molecule has 90 valence electrons. The van der Waals surface area contributed by atoms with E-state index >= 15 is 0 Å². The first-order valence-corrected chi connectivity index (χ1v) is 6.80. The van der Waals surface area contributed by atoms with E-state index in [9.17, 15) is 5.11 Å². The zero-order valence-electron chi connectivity index (χ0n) is 9.61. The van der Waals surface area contributed by atoms with Crippen LogP contribution in [0.2, 0.25) is 0 Å². The van der Waals surface area contributed by atoms with Crippen LogP contribution in [0.15, 0.2) is 34.1 Å². The van der Waals surface area contributed by atoms with Crippen molar-refractivity contribution in [1.82, 2.24) is 0 Å². The van der Waals surface area contributed by atoms with E-state index in [1.54, 1.807) is 18.4 Å². The summed E-state index contributed by atoms with van der Waals surface area (Å²) < 4.78 is 6.16. The summed E-state index contributed by atoms with van der Waals surface area (Å²) >= 11 is 5.03. The molecule has 2 aromatic rings. The molecule has 1 aromatic carbocycles. The molecule has 2 rings (SSSR count). The van der Waals surface area contributed by atoms with Crippen LogP contribution in [0, 0.1) is 6.92 Å². The molecule has 1 N–H and O–H groups in total. The lowest BCUT2D eigenvalue weighted by molar-refractivity contribution is 0.224. The van der Waals surface area contributed by atoms with Crippen molar-refractivity contribution in [3.8, 4) is 5.75 Å². The monoisotopic (exact) mass is 312 g/mol. The number of benzene rings is 1. The fraction of sp³-hybridized carbons (Fsp3) is 0.231. The van der Waals surface area contributed by atoms with Crippen molar-refractivity contribution in [2.75, 3.05) is 7.11 Å². The van der Waals surface area contributed by atoms with E-state index in [2.05, 4.69) is 15.9 Å². The van der Waals surface area contributed by atoms with Gasteiger partial charge in [0, 0.05) is 4.88 Å². The van der Waals surface area contributed by atoms with E-state index in [1.807, 2.05) is 37.3 Å². The molecule has 1 atom stereocenters. The van der Waals surface area contributed by atoms with Gasteiger partial charge in [0.25, 0.3) is 0 Å². The van der Waals surface area contributed by atoms with Gasteiger partial charge in [-0.3, -0.25) is 0 Å². The molecular weight excluding hydrogens is 300 g/mol. The molecule has 1 aromatic heterocycles. The summed E-state index contributed by atoms with van der Waals surface area (Å²) in [6.07, 6.45) is -0.573. The number of thiophene rings is 1. The first-order valence-electron chi connectivity index (χ1n) is 5.19. The van der Waals surface area contributed by atoms with Gasteiger partial charge in [0.1, 0.15) is 11.9 Å². The van der Waals surface area contributed by atoms with Crippen LogP contribution in [0.4, 0.5) is 0 Å². The minimum absolute atomic E-state index is 0.573. The van der Waals surface area contributed by atoms with Crippen LogP contribution in [-0.2, 0) is 0 Å². The average molecular weight is 313 g/mol. The maximum absolute atomic E-state index is 10.2. The highest BCUT2D eigenvalue weighted by molar-refractivity contribution is 9.11. The van der Waals surface area contributed by atoms with Crippen LogP contribution in [0.3, 0.4) is 0 Å². The van der Waals surface area contributed by atoms with Crippen molar-refractivity contribution in [3.05, 3.63) is 50.1 Å². The van der Waals surface area contributed by atoms with Gasteiger partial charge in [0.05, 0.1) is 10.9 Å². The van der Waals surface area contributed by atoms with Crippen molar-refractivity contribution in [1.29, 1.82) is 0 Å². The highest BCUT2D eigenvalue weighted by Crippen LogP contribution is 2.34. The summed E-state index contributed by atoms with van der Waals surface area (Å²) in [4.78, 5) is 0.944. The Balaban J connectivity index is 2.26. The second-order valence-electron chi connectivity index (χ2n) is 3.78. The molecule has 0 fully saturated rings. The van der Waals surface area contributed by atoms with Crippen molar-refractivity contribution >= 4 is 27.3 Å². The largest absolute Gasteiger partial charge is 0.497 e. The number of rotatable bonds is 3. The topological polar surface area (TPSA) is 29.5 Å². The van der Waals surface area contributed by atoms with Crippen LogP contribution in [0.1, 0.15) is 22.1 Å². The van der Waals surface area contributed by atoms with Gasteiger partial charge >= 0.3 is 0 Å². The fourth-order valence-corrected chi connectivity index (χ4v) is 3.15. The summed E-state index contributed by atoms with van der Waals surface area (Å²) in [5.74, 6) is 0.796. The Morgan fingerprint density at radius 2 is 1.94 bits per heavy atom. The van der Waals surface area contributed by atoms with Crippen molar-refractivity contribution in [2.45, 2.75) is 13.0 Å². The molecule has 0 aliphatic rings. The van der Waals surface area contributed by atoms with Crippen molar-refractivity contribution < 1.29 is 9.84 Å². The summed E-state index contributed by atoms with van der Waals surface area (Å²) in [6.45, 7) is 2.02. The minimum atomic E-state index is -0.573. The molecule has 2 nitrogen and oxygen atoms in total. The number of ether oxygens (including phenoxy) is 1. The molecule has 4 heteroatoms. The Kier molecular flexibility index (Phi) is 3.86. The lowest BCUT2D eigenvalue weighted by Crippen LogP contribution is -1.96. The standard InChI is InChI=1S/C13H13BrO2S/c1-8-7-11(17-13(8)14)12(15)9-3-5-10(16-2)6-4-9/h3-7,12,15H,1-2H3. The molecule has 0 bridgehead atoms.